The van der Waals surface area contributed by atoms with Crippen LogP contribution in [0.5, 0.6) is 0 Å². The third-order valence-corrected chi connectivity index (χ3v) is 3.47. The van der Waals surface area contributed by atoms with Gasteiger partial charge in [0.15, 0.2) is 11.2 Å². The van der Waals surface area contributed by atoms with Gasteiger partial charge in [0.1, 0.15) is 0 Å². The molecule has 0 atom stereocenters. The molecule has 0 bridgehead atoms. The summed E-state index contributed by atoms with van der Waals surface area (Å²) in [5.41, 5.74) is 5.64. The number of unbranched alkanes of at least 4 members (excludes halogenated alkanes) is 1. The molecule has 0 saturated carbocycles. The monoisotopic (exact) mass is 295 g/mol. The van der Waals surface area contributed by atoms with E-state index in [0.29, 0.717) is 37.4 Å². The van der Waals surface area contributed by atoms with Crippen LogP contribution in [0.1, 0.15) is 12.8 Å². The van der Waals surface area contributed by atoms with Crippen molar-refractivity contribution in [1.29, 1.82) is 0 Å². The minimum Gasteiger partial charge on any atom is -0.383 e. The molecule has 0 aliphatic rings. The standard InChI is InChI=1S/C13H21N5O3/c1-16-12(19)10-11(18(13(16)20)7-8-21-2)15-9-17(10)6-4-3-5-14/h9H,3-8,14H2,1-2H3. The van der Waals surface area contributed by atoms with Crippen LogP contribution in [-0.4, -0.2) is 38.9 Å². The molecule has 0 radical (unpaired) electrons. The Morgan fingerprint density at radius 2 is 2.05 bits per heavy atom. The Morgan fingerprint density at radius 3 is 2.71 bits per heavy atom. The summed E-state index contributed by atoms with van der Waals surface area (Å²) in [5, 5.41) is 0. The molecule has 2 rings (SSSR count). The second kappa shape index (κ2) is 6.68. The maximum Gasteiger partial charge on any atom is 0.332 e. The van der Waals surface area contributed by atoms with Crippen LogP contribution < -0.4 is 17.0 Å². The minimum atomic E-state index is -0.378. The molecule has 0 aliphatic carbocycles. The van der Waals surface area contributed by atoms with Gasteiger partial charge in [-0.25, -0.2) is 9.78 Å². The highest BCUT2D eigenvalue weighted by molar-refractivity contribution is 5.70. The smallest absolute Gasteiger partial charge is 0.332 e. The van der Waals surface area contributed by atoms with Crippen molar-refractivity contribution in [3.63, 3.8) is 0 Å². The molecule has 8 nitrogen and oxygen atoms in total. The van der Waals surface area contributed by atoms with Crippen LogP contribution in [0.25, 0.3) is 11.2 Å². The third kappa shape index (κ3) is 2.91. The van der Waals surface area contributed by atoms with Gasteiger partial charge >= 0.3 is 5.69 Å². The van der Waals surface area contributed by atoms with Gasteiger partial charge in [-0.2, -0.15) is 0 Å². The summed E-state index contributed by atoms with van der Waals surface area (Å²) in [4.78, 5) is 28.7. The molecule has 2 aromatic rings. The summed E-state index contributed by atoms with van der Waals surface area (Å²) in [6.45, 7) is 2.02. The molecular formula is C13H21N5O3. The normalized spacial score (nSPS) is 11.4. The van der Waals surface area contributed by atoms with Gasteiger partial charge in [-0.15, -0.1) is 0 Å². The van der Waals surface area contributed by atoms with E-state index in [1.165, 1.54) is 11.6 Å². The number of fused-ring (bicyclic) bond motifs is 1. The molecule has 0 spiro atoms. The third-order valence-electron chi connectivity index (χ3n) is 3.47. The Hall–Kier alpha value is -1.93. The molecule has 0 unspecified atom stereocenters. The first-order valence-electron chi connectivity index (χ1n) is 6.95. The fraction of sp³-hybridized carbons (Fsp3) is 0.615. The predicted molar refractivity (Wildman–Crippen MR) is 79.4 cm³/mol. The summed E-state index contributed by atoms with van der Waals surface area (Å²) in [6.07, 6.45) is 3.34. The number of hydrogen-bond donors (Lipinski definition) is 1. The number of methoxy groups -OCH3 is 1. The average Bonchev–Trinajstić information content (AvgIpc) is 2.89. The SMILES string of the molecule is COCCn1c(=O)n(C)c(=O)c2c1ncn2CCCCN. The lowest BCUT2D eigenvalue weighted by Crippen LogP contribution is -2.39. The number of nitrogens with zero attached hydrogens (tertiary/aromatic N) is 4. The van der Waals surface area contributed by atoms with Crippen LogP contribution in [0.3, 0.4) is 0 Å². The zero-order valence-corrected chi connectivity index (χ0v) is 12.4. The number of rotatable bonds is 7. The Labute approximate surface area is 121 Å². The first-order chi connectivity index (χ1) is 10.1. The Kier molecular flexibility index (Phi) is 4.92. The maximum absolute atomic E-state index is 12.3. The fourth-order valence-electron chi connectivity index (χ4n) is 2.29. The van der Waals surface area contributed by atoms with Gasteiger partial charge in [0.05, 0.1) is 19.5 Å². The largest absolute Gasteiger partial charge is 0.383 e. The van der Waals surface area contributed by atoms with E-state index in [1.54, 1.807) is 18.0 Å². The number of hydrogen-bond acceptors (Lipinski definition) is 5. The summed E-state index contributed by atoms with van der Waals surface area (Å²) < 4.78 is 9.38. The topological polar surface area (TPSA) is 97.1 Å². The van der Waals surface area contributed by atoms with Crippen LogP contribution in [0.15, 0.2) is 15.9 Å². The van der Waals surface area contributed by atoms with Gasteiger partial charge in [-0.1, -0.05) is 0 Å². The minimum absolute atomic E-state index is 0.325. The Bertz CT molecular complexity index is 728. The number of aromatic nitrogens is 4. The van der Waals surface area contributed by atoms with Crippen LogP contribution >= 0.6 is 0 Å². The van der Waals surface area contributed by atoms with Crippen molar-refractivity contribution >= 4 is 11.2 Å². The maximum atomic E-state index is 12.3. The predicted octanol–water partition coefficient (Wildman–Crippen LogP) is -0.718. The van der Waals surface area contributed by atoms with Gasteiger partial charge in [-0.3, -0.25) is 13.9 Å². The molecule has 2 N–H and O–H groups in total. The van der Waals surface area contributed by atoms with Crippen LogP contribution in [0.4, 0.5) is 0 Å². The summed E-state index contributed by atoms with van der Waals surface area (Å²) in [7, 11) is 3.04. The molecule has 0 fully saturated rings. The fourth-order valence-corrected chi connectivity index (χ4v) is 2.29. The Morgan fingerprint density at radius 1 is 1.29 bits per heavy atom. The summed E-state index contributed by atoms with van der Waals surface area (Å²) in [6, 6.07) is 0. The molecule has 0 aromatic carbocycles. The van der Waals surface area contributed by atoms with Crippen molar-refractivity contribution in [3.05, 3.63) is 27.2 Å². The lowest BCUT2D eigenvalue weighted by atomic mass is 10.3. The number of ether oxygens (including phenoxy) is 1. The zero-order valence-electron chi connectivity index (χ0n) is 12.4. The van der Waals surface area contributed by atoms with E-state index in [-0.39, 0.29) is 11.2 Å². The second-order valence-corrected chi connectivity index (χ2v) is 4.90. The van der Waals surface area contributed by atoms with Crippen molar-refractivity contribution < 1.29 is 4.74 Å². The molecule has 8 heteroatoms. The highest BCUT2D eigenvalue weighted by Crippen LogP contribution is 2.08. The van der Waals surface area contributed by atoms with Crippen molar-refractivity contribution in [1.82, 2.24) is 18.7 Å². The van der Waals surface area contributed by atoms with Crippen molar-refractivity contribution in [2.24, 2.45) is 12.8 Å². The van der Waals surface area contributed by atoms with E-state index in [9.17, 15) is 9.59 Å². The molecule has 116 valence electrons. The van der Waals surface area contributed by atoms with Crippen molar-refractivity contribution in [3.8, 4) is 0 Å². The van der Waals surface area contributed by atoms with Gasteiger partial charge in [0.2, 0.25) is 0 Å². The summed E-state index contributed by atoms with van der Waals surface area (Å²) >= 11 is 0. The second-order valence-electron chi connectivity index (χ2n) is 4.90. The number of nitrogens with two attached hydrogens (primary N) is 1. The van der Waals surface area contributed by atoms with Gasteiger partial charge in [0, 0.05) is 20.7 Å². The first kappa shape index (κ1) is 15.5. The molecule has 2 heterocycles. The molecule has 21 heavy (non-hydrogen) atoms. The quantitative estimate of drug-likeness (QED) is 0.680. The summed E-state index contributed by atoms with van der Waals surface area (Å²) in [5.74, 6) is 0. The van der Waals surface area contributed by atoms with Crippen molar-refractivity contribution in [2.75, 3.05) is 20.3 Å². The number of imidazole rings is 1. The number of aryl methyl sites for hydroxylation is 1. The highest BCUT2D eigenvalue weighted by atomic mass is 16.5. The molecular weight excluding hydrogens is 274 g/mol. The molecule has 0 aliphatic heterocycles. The van der Waals surface area contributed by atoms with Crippen LogP contribution in [-0.2, 0) is 24.9 Å². The van der Waals surface area contributed by atoms with Crippen molar-refractivity contribution in [2.45, 2.75) is 25.9 Å². The Balaban J connectivity index is 2.54. The lowest BCUT2D eigenvalue weighted by molar-refractivity contribution is 0.186. The van der Waals surface area contributed by atoms with Gasteiger partial charge in [-0.05, 0) is 19.4 Å². The molecule has 0 saturated heterocycles. The van der Waals surface area contributed by atoms with E-state index in [0.717, 1.165) is 17.4 Å². The van der Waals surface area contributed by atoms with E-state index < -0.39 is 0 Å². The molecule has 0 amide bonds. The van der Waals surface area contributed by atoms with E-state index in [1.807, 2.05) is 0 Å². The van der Waals surface area contributed by atoms with E-state index in [4.69, 9.17) is 10.5 Å². The lowest BCUT2D eigenvalue weighted by Gasteiger charge is -2.09. The molecule has 2 aromatic heterocycles. The van der Waals surface area contributed by atoms with Gasteiger partial charge in [0.25, 0.3) is 5.56 Å². The van der Waals surface area contributed by atoms with E-state index >= 15 is 0 Å². The highest BCUT2D eigenvalue weighted by Gasteiger charge is 2.15. The van der Waals surface area contributed by atoms with Gasteiger partial charge < -0.3 is 15.0 Å². The van der Waals surface area contributed by atoms with Crippen LogP contribution in [0.2, 0.25) is 0 Å². The average molecular weight is 295 g/mol. The first-order valence-corrected chi connectivity index (χ1v) is 6.95. The van der Waals surface area contributed by atoms with E-state index in [2.05, 4.69) is 4.98 Å². The zero-order chi connectivity index (χ0) is 15.4. The van der Waals surface area contributed by atoms with Crippen LogP contribution in [0, 0.1) is 0 Å².